The minimum Gasteiger partial charge on any atom is -0.497 e. The highest BCUT2D eigenvalue weighted by molar-refractivity contribution is 5.96. The highest BCUT2D eigenvalue weighted by Gasteiger charge is 2.62. The Morgan fingerprint density at radius 3 is 2.28 bits per heavy atom. The lowest BCUT2D eigenvalue weighted by Gasteiger charge is -2.36. The molecule has 0 unspecified atom stereocenters. The molecular weight excluding hydrogens is 382 g/mol. The molecule has 1 N–H and O–H groups in total. The fourth-order valence-electron chi connectivity index (χ4n) is 3.93. The number of nitrogens with one attached hydrogen (secondary N) is 1. The maximum atomic E-state index is 13.1. The summed E-state index contributed by atoms with van der Waals surface area (Å²) in [6.07, 6.45) is -3.33. The fraction of sp³-hybridized carbons (Fsp3) is 0.650. The van der Waals surface area contributed by atoms with Gasteiger partial charge in [0.15, 0.2) is 24.0 Å². The number of hydrogen-bond donors (Lipinski definition) is 1. The first-order valence-electron chi connectivity index (χ1n) is 9.52. The average molecular weight is 409 g/mol. The zero-order valence-electron chi connectivity index (χ0n) is 17.4. The number of carbonyl (C=O) groups is 1. The maximum Gasteiger partial charge on any atom is 0.256 e. The number of amides is 1. The van der Waals surface area contributed by atoms with Crippen molar-refractivity contribution in [3.63, 3.8) is 0 Å². The van der Waals surface area contributed by atoms with Crippen LogP contribution in [0.2, 0.25) is 0 Å². The van der Waals surface area contributed by atoms with Gasteiger partial charge in [0.05, 0.1) is 19.9 Å². The lowest BCUT2D eigenvalue weighted by atomic mass is 9.98. The zero-order valence-corrected chi connectivity index (χ0v) is 17.4. The Labute approximate surface area is 169 Å². The normalized spacial score (nSPS) is 34.2. The van der Waals surface area contributed by atoms with Gasteiger partial charge in [0, 0.05) is 6.07 Å². The smallest absolute Gasteiger partial charge is 0.256 e. The molecule has 9 heteroatoms. The van der Waals surface area contributed by atoms with E-state index in [0.717, 1.165) is 0 Å². The number of rotatable bonds is 4. The number of hydrogen-bond acceptors (Lipinski definition) is 8. The van der Waals surface area contributed by atoms with E-state index in [4.69, 9.17) is 33.2 Å². The van der Waals surface area contributed by atoms with Crippen LogP contribution in [0.4, 0.5) is 5.69 Å². The molecular formula is C20H27NO8. The predicted octanol–water partition coefficient (Wildman–Crippen LogP) is 2.04. The maximum absolute atomic E-state index is 13.1. The SMILES string of the molecule is COc1ccc(NC(=O)[C@@H]2O[C@@H]3OC(C)(C)O[C@@H]3[C@H]3OC(C)(C)O[C@H]32)c(OC)c1. The molecule has 0 spiro atoms. The molecule has 160 valence electrons. The Balaban J connectivity index is 1.58. The second-order valence-corrected chi connectivity index (χ2v) is 8.15. The van der Waals surface area contributed by atoms with E-state index in [-0.39, 0.29) is 0 Å². The second-order valence-electron chi connectivity index (χ2n) is 8.15. The molecule has 3 aliphatic heterocycles. The molecule has 0 saturated carbocycles. The van der Waals surface area contributed by atoms with Crippen LogP contribution in [-0.4, -0.2) is 62.4 Å². The van der Waals surface area contributed by atoms with Gasteiger partial charge in [-0.25, -0.2) is 0 Å². The third-order valence-electron chi connectivity index (χ3n) is 5.08. The van der Waals surface area contributed by atoms with Crippen LogP contribution in [0.25, 0.3) is 0 Å². The summed E-state index contributed by atoms with van der Waals surface area (Å²) in [5.41, 5.74) is 0.489. The van der Waals surface area contributed by atoms with Crippen LogP contribution in [-0.2, 0) is 28.5 Å². The monoisotopic (exact) mass is 409 g/mol. The van der Waals surface area contributed by atoms with Crippen molar-refractivity contribution in [1.29, 1.82) is 0 Å². The Morgan fingerprint density at radius 1 is 0.931 bits per heavy atom. The van der Waals surface area contributed by atoms with Crippen molar-refractivity contribution in [3.8, 4) is 11.5 Å². The number of benzene rings is 1. The van der Waals surface area contributed by atoms with Crippen molar-refractivity contribution in [2.24, 2.45) is 0 Å². The molecule has 0 radical (unpaired) electrons. The molecule has 3 aliphatic rings. The molecule has 5 atom stereocenters. The third-order valence-corrected chi connectivity index (χ3v) is 5.08. The van der Waals surface area contributed by atoms with Crippen LogP contribution in [0.1, 0.15) is 27.7 Å². The van der Waals surface area contributed by atoms with Crippen LogP contribution < -0.4 is 14.8 Å². The van der Waals surface area contributed by atoms with E-state index in [9.17, 15) is 4.79 Å². The van der Waals surface area contributed by atoms with Crippen LogP contribution >= 0.6 is 0 Å². The minimum absolute atomic E-state index is 0.392. The van der Waals surface area contributed by atoms with E-state index in [1.807, 2.05) is 0 Å². The van der Waals surface area contributed by atoms with Crippen molar-refractivity contribution in [1.82, 2.24) is 0 Å². The van der Waals surface area contributed by atoms with E-state index >= 15 is 0 Å². The number of anilines is 1. The zero-order chi connectivity index (χ0) is 21.0. The van der Waals surface area contributed by atoms with E-state index in [0.29, 0.717) is 17.2 Å². The van der Waals surface area contributed by atoms with Crippen molar-refractivity contribution in [2.75, 3.05) is 19.5 Å². The summed E-state index contributed by atoms with van der Waals surface area (Å²) < 4.78 is 40.3. The highest BCUT2D eigenvalue weighted by Crippen LogP contribution is 2.44. The van der Waals surface area contributed by atoms with Gasteiger partial charge >= 0.3 is 0 Å². The van der Waals surface area contributed by atoms with Crippen molar-refractivity contribution in [3.05, 3.63) is 18.2 Å². The lowest BCUT2D eigenvalue weighted by molar-refractivity contribution is -0.229. The van der Waals surface area contributed by atoms with Gasteiger partial charge in [0.2, 0.25) is 0 Å². The molecule has 4 rings (SSSR count). The number of carbonyl (C=O) groups excluding carboxylic acids is 1. The van der Waals surface area contributed by atoms with E-state index in [1.165, 1.54) is 7.11 Å². The molecule has 1 aromatic carbocycles. The minimum atomic E-state index is -0.952. The summed E-state index contributed by atoms with van der Waals surface area (Å²) in [7, 11) is 3.08. The van der Waals surface area contributed by atoms with Gasteiger partial charge in [-0.15, -0.1) is 0 Å². The van der Waals surface area contributed by atoms with E-state index < -0.39 is 48.2 Å². The van der Waals surface area contributed by atoms with E-state index in [1.54, 1.807) is 53.0 Å². The Bertz CT molecular complexity index is 795. The summed E-state index contributed by atoms with van der Waals surface area (Å²) >= 11 is 0. The summed E-state index contributed by atoms with van der Waals surface area (Å²) in [6, 6.07) is 5.12. The molecule has 0 aliphatic carbocycles. The van der Waals surface area contributed by atoms with Crippen molar-refractivity contribution < 1.29 is 38.0 Å². The lowest BCUT2D eigenvalue weighted by Crippen LogP contribution is -2.58. The van der Waals surface area contributed by atoms with Crippen molar-refractivity contribution >= 4 is 11.6 Å². The first-order chi connectivity index (χ1) is 13.6. The van der Waals surface area contributed by atoms with Crippen LogP contribution in [0.15, 0.2) is 18.2 Å². The predicted molar refractivity (Wildman–Crippen MR) is 101 cm³/mol. The summed E-state index contributed by atoms with van der Waals surface area (Å²) in [5.74, 6) is -1.03. The van der Waals surface area contributed by atoms with Crippen molar-refractivity contribution in [2.45, 2.75) is 70.0 Å². The molecule has 29 heavy (non-hydrogen) atoms. The van der Waals surface area contributed by atoms with Gasteiger partial charge in [-0.1, -0.05) is 0 Å². The Morgan fingerprint density at radius 2 is 1.59 bits per heavy atom. The molecule has 0 bridgehead atoms. The van der Waals surface area contributed by atoms with Gasteiger partial charge in [-0.3, -0.25) is 4.79 Å². The highest BCUT2D eigenvalue weighted by atomic mass is 16.9. The van der Waals surface area contributed by atoms with Crippen LogP contribution in [0, 0.1) is 0 Å². The third kappa shape index (κ3) is 3.80. The topological polar surface area (TPSA) is 93.7 Å². The molecule has 1 aromatic rings. The molecule has 1 amide bonds. The number of fused-ring (bicyclic) bond motifs is 3. The Kier molecular flexibility index (Phi) is 4.99. The molecule has 3 heterocycles. The van der Waals surface area contributed by atoms with Gasteiger partial charge in [0.25, 0.3) is 5.91 Å². The summed E-state index contributed by atoms with van der Waals surface area (Å²) in [6.45, 7) is 7.18. The van der Waals surface area contributed by atoms with Crippen LogP contribution in [0.5, 0.6) is 11.5 Å². The molecule has 0 aromatic heterocycles. The Hall–Kier alpha value is -1.91. The largest absolute Gasteiger partial charge is 0.497 e. The second kappa shape index (κ2) is 7.10. The van der Waals surface area contributed by atoms with E-state index in [2.05, 4.69) is 5.32 Å². The molecule has 3 fully saturated rings. The quantitative estimate of drug-likeness (QED) is 0.808. The first kappa shape index (κ1) is 20.4. The first-order valence-corrected chi connectivity index (χ1v) is 9.52. The van der Waals surface area contributed by atoms with Gasteiger partial charge in [0.1, 0.15) is 29.8 Å². The standard InChI is InChI=1S/C20H27NO8/c1-19(2)26-13-14(27-19)16-18(29-20(3,4)28-16)25-15(13)17(22)21-11-8-7-10(23-5)9-12(11)24-6/h7-9,13-16,18H,1-6H3,(H,21,22)/t13-,14+,15-,16-,18-/m1/s1. The summed E-state index contributed by atoms with van der Waals surface area (Å²) in [4.78, 5) is 13.1. The molecule has 3 saturated heterocycles. The number of methoxy groups -OCH3 is 2. The molecule has 9 nitrogen and oxygen atoms in total. The average Bonchev–Trinajstić information content (AvgIpc) is 3.14. The summed E-state index contributed by atoms with van der Waals surface area (Å²) in [5, 5.41) is 2.85. The van der Waals surface area contributed by atoms with Crippen LogP contribution in [0.3, 0.4) is 0 Å². The number of ether oxygens (including phenoxy) is 7. The van der Waals surface area contributed by atoms with Gasteiger partial charge in [-0.2, -0.15) is 0 Å². The van der Waals surface area contributed by atoms with Gasteiger partial charge in [-0.05, 0) is 39.8 Å². The van der Waals surface area contributed by atoms with Gasteiger partial charge < -0.3 is 38.5 Å². The fourth-order valence-corrected chi connectivity index (χ4v) is 3.93.